The molecule has 2 aromatic carbocycles. The lowest BCUT2D eigenvalue weighted by Crippen LogP contribution is -2.29. The van der Waals surface area contributed by atoms with Crippen molar-refractivity contribution in [1.82, 2.24) is 0 Å². The van der Waals surface area contributed by atoms with E-state index in [1.807, 2.05) is 0 Å². The summed E-state index contributed by atoms with van der Waals surface area (Å²) in [5, 5.41) is 2.28. The standard InChI is InChI=1S/C67H114O7P2/c1-7-11-15-19-23-27-31-35-39-43-47-51-55-56(52-48-44-40-36-32-28-24-20-16-12-8-2)61-58(54-50-46-42-38-34-30-26-22-18-14-10-4)62-59(55)60-57(53-49-45-41-37-33-29-25-21-17-13-9-3)63-65-66(72-75(69-63)71-65)64(60)70-76(74-68-62)73-67(61,5)6/h7-54H2,1-6H3. The number of hydrogen-bond acceptors (Lipinski definition) is 7. The smallest absolute Gasteiger partial charge is 0.393 e. The van der Waals surface area contributed by atoms with Crippen LogP contribution in [0, 0.1) is 0 Å². The van der Waals surface area contributed by atoms with E-state index < -0.39 is 21.9 Å². The van der Waals surface area contributed by atoms with Crippen molar-refractivity contribution in [3.8, 4) is 0 Å². The molecule has 0 amide bonds. The van der Waals surface area contributed by atoms with Gasteiger partial charge in [0.1, 0.15) is 5.60 Å². The maximum absolute atomic E-state index is 7.19. The summed E-state index contributed by atoms with van der Waals surface area (Å²) in [6.45, 7) is 13.8. The Morgan fingerprint density at radius 3 is 0.974 bits per heavy atom. The lowest BCUT2D eigenvalue weighted by atomic mass is 9.78. The summed E-state index contributed by atoms with van der Waals surface area (Å²) in [6.07, 6.45) is 62.2. The van der Waals surface area contributed by atoms with E-state index in [-0.39, 0.29) is 0 Å². The van der Waals surface area contributed by atoms with Gasteiger partial charge in [0, 0.05) is 21.9 Å². The molecule has 3 aromatic heterocycles. The summed E-state index contributed by atoms with van der Waals surface area (Å²) in [4.78, 5) is 0. The molecule has 5 aromatic rings. The molecule has 5 bridgehead atoms. The predicted molar refractivity (Wildman–Crippen MR) is 328 cm³/mol. The first-order valence-corrected chi connectivity index (χ1v) is 35.4. The molecule has 6 rings (SSSR count). The molecule has 7 nitrogen and oxygen atoms in total. The summed E-state index contributed by atoms with van der Waals surface area (Å²) in [6, 6.07) is 0. The highest BCUT2D eigenvalue weighted by molar-refractivity contribution is 7.31. The van der Waals surface area contributed by atoms with E-state index in [4.69, 9.17) is 30.2 Å². The van der Waals surface area contributed by atoms with Crippen LogP contribution in [0.4, 0.5) is 0 Å². The molecule has 0 radical (unpaired) electrons. The second-order valence-electron chi connectivity index (χ2n) is 24.4. The maximum atomic E-state index is 7.19. The van der Waals surface area contributed by atoms with Crippen molar-refractivity contribution in [2.75, 3.05) is 0 Å². The summed E-state index contributed by atoms with van der Waals surface area (Å²) in [5.74, 6) is 0. The van der Waals surface area contributed by atoms with Gasteiger partial charge >= 0.3 is 16.3 Å². The number of aryl methyl sites for hydroxylation is 3. The van der Waals surface area contributed by atoms with Crippen LogP contribution in [0.5, 0.6) is 0 Å². The van der Waals surface area contributed by atoms with Crippen LogP contribution in [0.1, 0.15) is 352 Å². The highest BCUT2D eigenvalue weighted by atomic mass is 31.1. The van der Waals surface area contributed by atoms with Crippen molar-refractivity contribution in [2.24, 2.45) is 0 Å². The lowest BCUT2D eigenvalue weighted by Gasteiger charge is -2.33. The highest BCUT2D eigenvalue weighted by Crippen LogP contribution is 2.53. The van der Waals surface area contributed by atoms with E-state index >= 15 is 0 Å². The molecule has 2 unspecified atom stereocenters. The SMILES string of the molecule is CCCCCCCCCCCCCc1c2c(CCCCCCCCCCCCC)c3oop(oc4c5op6oc(c(CCCCCCCCCCCCC)c4c3c1CCCCCCCCCCCCC)c5o6)OC2(C)C. The van der Waals surface area contributed by atoms with Crippen LogP contribution >= 0.6 is 16.3 Å². The van der Waals surface area contributed by atoms with Crippen LogP contribution in [0.2, 0.25) is 0 Å². The molecule has 2 atom stereocenters. The first-order valence-electron chi connectivity index (χ1n) is 33.2. The van der Waals surface area contributed by atoms with E-state index in [0.717, 1.165) is 61.5 Å². The van der Waals surface area contributed by atoms with Crippen molar-refractivity contribution in [2.45, 2.75) is 355 Å². The van der Waals surface area contributed by atoms with E-state index in [9.17, 15) is 0 Å². The summed E-state index contributed by atoms with van der Waals surface area (Å²) in [7, 11) is -3.48. The highest BCUT2D eigenvalue weighted by Gasteiger charge is 2.38. The minimum Gasteiger partial charge on any atom is -0.393 e. The molecule has 0 N–H and O–H groups in total. The number of unbranched alkanes of at least 4 members (excludes halogenated alkanes) is 40. The Hall–Kier alpha value is -2.20. The van der Waals surface area contributed by atoms with Crippen molar-refractivity contribution >= 4 is 55.0 Å². The maximum Gasteiger partial charge on any atom is 0.453 e. The van der Waals surface area contributed by atoms with Crippen molar-refractivity contribution in [3.05, 3.63) is 27.8 Å². The zero-order chi connectivity index (χ0) is 53.5. The summed E-state index contributed by atoms with van der Waals surface area (Å²) >= 11 is 0. The van der Waals surface area contributed by atoms with E-state index in [1.54, 1.807) is 0 Å². The summed E-state index contributed by atoms with van der Waals surface area (Å²) < 4.78 is 47.1. The first kappa shape index (κ1) is 63.0. The molecule has 0 saturated heterocycles. The molecule has 0 saturated carbocycles. The zero-order valence-corrected chi connectivity index (χ0v) is 52.0. The topological polar surface area (TPSA) is 88.1 Å². The van der Waals surface area contributed by atoms with Crippen LogP contribution in [0.15, 0.2) is 25.7 Å². The van der Waals surface area contributed by atoms with Crippen LogP contribution in [-0.4, -0.2) is 0 Å². The Morgan fingerprint density at radius 1 is 0.289 bits per heavy atom. The van der Waals surface area contributed by atoms with Gasteiger partial charge in [-0.05, 0) is 81.9 Å². The molecule has 4 heterocycles. The van der Waals surface area contributed by atoms with Gasteiger partial charge in [-0.3, -0.25) is 9.10 Å². The number of benzene rings is 2. The minimum atomic E-state index is -1.94. The van der Waals surface area contributed by atoms with Gasteiger partial charge < -0.3 is 16.8 Å². The zero-order valence-electron chi connectivity index (χ0n) is 50.2. The van der Waals surface area contributed by atoms with Crippen LogP contribution < -0.4 is 4.52 Å². The minimum absolute atomic E-state index is 0.655. The molecule has 76 heavy (non-hydrogen) atoms. The number of rotatable bonds is 48. The molecule has 0 aliphatic carbocycles. The third-order valence-corrected chi connectivity index (χ3v) is 19.4. The van der Waals surface area contributed by atoms with Gasteiger partial charge in [-0.25, -0.2) is 4.36 Å². The number of hydrogen-bond donors (Lipinski definition) is 0. The van der Waals surface area contributed by atoms with Gasteiger partial charge in [-0.15, -0.1) is 0 Å². The van der Waals surface area contributed by atoms with Gasteiger partial charge in [0.2, 0.25) is 11.2 Å². The monoisotopic (exact) mass is 1090 g/mol. The summed E-state index contributed by atoms with van der Waals surface area (Å²) in [5.41, 5.74) is 10.00. The Balaban J connectivity index is 1.36. The molecule has 0 fully saturated rings. The van der Waals surface area contributed by atoms with Crippen molar-refractivity contribution in [1.29, 1.82) is 0 Å². The third-order valence-electron chi connectivity index (χ3n) is 17.3. The molecular formula is C67H114O7P2. The number of fused-ring (bicyclic) bond motifs is 7. The quantitative estimate of drug-likeness (QED) is 0.0283. The third kappa shape index (κ3) is 20.1. The van der Waals surface area contributed by atoms with Gasteiger partial charge in [0.15, 0.2) is 16.7 Å². The van der Waals surface area contributed by atoms with E-state index in [0.29, 0.717) is 16.7 Å². The molecule has 1 aliphatic heterocycles. The van der Waals surface area contributed by atoms with Gasteiger partial charge in [0.05, 0.1) is 0 Å². The first-order chi connectivity index (χ1) is 37.4. The fourth-order valence-electron chi connectivity index (χ4n) is 12.9. The lowest BCUT2D eigenvalue weighted by molar-refractivity contribution is 0.0693. The average Bonchev–Trinajstić information content (AvgIpc) is 4.04. The Kier molecular flexibility index (Phi) is 30.6. The second kappa shape index (κ2) is 36.9. The predicted octanol–water partition coefficient (Wildman–Crippen LogP) is 25.9. The normalized spacial score (nSPS) is 13.8. The molecule has 434 valence electrons. The van der Waals surface area contributed by atoms with E-state index in [1.165, 1.54) is 296 Å². The molecule has 9 heteroatoms. The molecule has 0 spiro atoms. The van der Waals surface area contributed by atoms with Crippen molar-refractivity contribution < 1.29 is 30.2 Å². The second-order valence-corrected chi connectivity index (χ2v) is 26.4. The fourth-order valence-corrected chi connectivity index (χ4v) is 15.0. The van der Waals surface area contributed by atoms with Gasteiger partial charge in [-0.2, -0.15) is 0 Å². The van der Waals surface area contributed by atoms with Crippen LogP contribution in [0.3, 0.4) is 0 Å². The average molecular weight is 1090 g/mol. The molecule has 1 aliphatic rings. The van der Waals surface area contributed by atoms with Gasteiger partial charge in [-0.1, -0.05) is 285 Å². The van der Waals surface area contributed by atoms with Gasteiger partial charge in [0.25, 0.3) is 0 Å². The Morgan fingerprint density at radius 2 is 0.592 bits per heavy atom. The van der Waals surface area contributed by atoms with Crippen molar-refractivity contribution in [3.63, 3.8) is 0 Å². The Bertz CT molecular complexity index is 2350. The Labute approximate surface area is 466 Å². The van der Waals surface area contributed by atoms with Crippen LogP contribution in [-0.2, 0) is 31.3 Å². The largest absolute Gasteiger partial charge is 0.453 e. The molecular weight excluding hydrogens is 979 g/mol. The fraction of sp³-hybridized carbons (Fsp3) is 0.821. The van der Waals surface area contributed by atoms with E-state index in [2.05, 4.69) is 41.5 Å². The van der Waals surface area contributed by atoms with Crippen LogP contribution in [0.25, 0.3) is 38.7 Å².